The maximum atomic E-state index is 5.86. The first kappa shape index (κ1) is 13.5. The molecule has 0 aliphatic rings. The average Bonchev–Trinajstić information content (AvgIpc) is 2.38. The molecule has 0 aromatic carbocycles. The van der Waals surface area contributed by atoms with Crippen LogP contribution in [-0.4, -0.2) is 15.0 Å². The number of rotatable bonds is 4. The molecule has 6 nitrogen and oxygen atoms in total. The molecule has 0 radical (unpaired) electrons. The molecule has 2 rings (SSSR count). The standard InChI is InChI=1S/C12H14ClN5O/c1-7(2)10-11(18-14)16-6-17-12(10)19-9-3-8(13)4-15-5-9/h3-7H,14H2,1-2H3,(H,16,17,18). The van der Waals surface area contributed by atoms with Crippen LogP contribution in [0.1, 0.15) is 25.3 Å². The molecule has 0 aliphatic heterocycles. The lowest BCUT2D eigenvalue weighted by Crippen LogP contribution is -2.13. The van der Waals surface area contributed by atoms with E-state index in [1.165, 1.54) is 12.5 Å². The van der Waals surface area contributed by atoms with Crippen molar-refractivity contribution in [1.29, 1.82) is 0 Å². The molecular formula is C12H14ClN5O. The minimum atomic E-state index is 0.148. The van der Waals surface area contributed by atoms with E-state index in [2.05, 4.69) is 20.4 Å². The van der Waals surface area contributed by atoms with Crippen molar-refractivity contribution in [2.75, 3.05) is 5.43 Å². The van der Waals surface area contributed by atoms with Gasteiger partial charge in [-0.1, -0.05) is 25.4 Å². The smallest absolute Gasteiger partial charge is 0.228 e. The number of pyridine rings is 1. The summed E-state index contributed by atoms with van der Waals surface area (Å²) in [6.45, 7) is 4.01. The average molecular weight is 280 g/mol. The molecule has 7 heteroatoms. The second kappa shape index (κ2) is 5.81. The third-order valence-corrected chi connectivity index (χ3v) is 2.66. The Balaban J connectivity index is 2.39. The van der Waals surface area contributed by atoms with Gasteiger partial charge in [0.1, 0.15) is 12.1 Å². The van der Waals surface area contributed by atoms with Crippen molar-refractivity contribution in [3.05, 3.63) is 35.4 Å². The molecule has 0 amide bonds. The van der Waals surface area contributed by atoms with Crippen molar-refractivity contribution < 1.29 is 4.74 Å². The van der Waals surface area contributed by atoms with Crippen LogP contribution in [0, 0.1) is 0 Å². The summed E-state index contributed by atoms with van der Waals surface area (Å²) in [7, 11) is 0. The number of anilines is 1. The molecule has 0 spiro atoms. The number of hydrazine groups is 1. The summed E-state index contributed by atoms with van der Waals surface area (Å²) >= 11 is 5.86. The van der Waals surface area contributed by atoms with Gasteiger partial charge >= 0.3 is 0 Å². The number of hydrogen-bond acceptors (Lipinski definition) is 6. The lowest BCUT2D eigenvalue weighted by atomic mass is 10.1. The van der Waals surface area contributed by atoms with Gasteiger partial charge in [-0.15, -0.1) is 0 Å². The quantitative estimate of drug-likeness (QED) is 0.661. The second-order valence-corrected chi connectivity index (χ2v) is 4.62. The summed E-state index contributed by atoms with van der Waals surface area (Å²) in [6.07, 6.45) is 4.48. The van der Waals surface area contributed by atoms with E-state index in [1.807, 2.05) is 13.8 Å². The highest BCUT2D eigenvalue weighted by Gasteiger charge is 2.16. The maximum Gasteiger partial charge on any atom is 0.228 e. The molecule has 2 aromatic heterocycles. The number of nitrogen functional groups attached to an aromatic ring is 1. The molecule has 2 aromatic rings. The van der Waals surface area contributed by atoms with Crippen LogP contribution < -0.4 is 16.0 Å². The fraction of sp³-hybridized carbons (Fsp3) is 0.250. The minimum Gasteiger partial charge on any atom is -0.437 e. The molecule has 19 heavy (non-hydrogen) atoms. The Labute approximate surface area is 116 Å². The zero-order valence-electron chi connectivity index (χ0n) is 10.6. The summed E-state index contributed by atoms with van der Waals surface area (Å²) < 4.78 is 5.70. The van der Waals surface area contributed by atoms with Crippen molar-refractivity contribution in [3.63, 3.8) is 0 Å². The predicted octanol–water partition coefficient (Wildman–Crippen LogP) is 2.73. The molecule has 0 bridgehead atoms. The lowest BCUT2D eigenvalue weighted by Gasteiger charge is -2.15. The molecule has 0 atom stereocenters. The highest BCUT2D eigenvalue weighted by molar-refractivity contribution is 6.30. The Morgan fingerprint density at radius 2 is 2.11 bits per heavy atom. The molecule has 3 N–H and O–H groups in total. The monoisotopic (exact) mass is 279 g/mol. The van der Waals surface area contributed by atoms with Crippen LogP contribution in [0.15, 0.2) is 24.8 Å². The third kappa shape index (κ3) is 3.10. The Morgan fingerprint density at radius 1 is 1.32 bits per heavy atom. The first-order chi connectivity index (χ1) is 9.11. The van der Waals surface area contributed by atoms with Gasteiger partial charge in [0.05, 0.1) is 16.8 Å². The van der Waals surface area contributed by atoms with Gasteiger partial charge in [-0.2, -0.15) is 0 Å². The summed E-state index contributed by atoms with van der Waals surface area (Å²) in [5.74, 6) is 7.07. The Kier molecular flexibility index (Phi) is 4.13. The second-order valence-electron chi connectivity index (χ2n) is 4.18. The van der Waals surface area contributed by atoms with Gasteiger partial charge in [-0.25, -0.2) is 15.8 Å². The van der Waals surface area contributed by atoms with E-state index in [9.17, 15) is 0 Å². The van der Waals surface area contributed by atoms with Crippen molar-refractivity contribution in [2.24, 2.45) is 5.84 Å². The molecule has 0 aliphatic carbocycles. The third-order valence-electron chi connectivity index (χ3n) is 2.46. The Bertz CT molecular complexity index is 576. The number of ether oxygens (including phenoxy) is 1. The van der Waals surface area contributed by atoms with Crippen LogP contribution >= 0.6 is 11.6 Å². The predicted molar refractivity (Wildman–Crippen MR) is 73.3 cm³/mol. The molecular weight excluding hydrogens is 266 g/mol. The van der Waals surface area contributed by atoms with Gasteiger partial charge in [0, 0.05) is 12.3 Å². The SMILES string of the molecule is CC(C)c1c(NN)ncnc1Oc1cncc(Cl)c1. The summed E-state index contributed by atoms with van der Waals surface area (Å²) in [5, 5.41) is 0.495. The van der Waals surface area contributed by atoms with Crippen LogP contribution in [-0.2, 0) is 0 Å². The summed E-state index contributed by atoms with van der Waals surface area (Å²) in [4.78, 5) is 12.2. The summed E-state index contributed by atoms with van der Waals surface area (Å²) in [6, 6.07) is 1.66. The largest absolute Gasteiger partial charge is 0.437 e. The van der Waals surface area contributed by atoms with Crippen LogP contribution in [0.25, 0.3) is 0 Å². The van der Waals surface area contributed by atoms with Gasteiger partial charge < -0.3 is 10.2 Å². The van der Waals surface area contributed by atoms with E-state index >= 15 is 0 Å². The first-order valence-corrected chi connectivity index (χ1v) is 6.09. The van der Waals surface area contributed by atoms with E-state index in [4.69, 9.17) is 22.2 Å². The zero-order chi connectivity index (χ0) is 13.8. The van der Waals surface area contributed by atoms with Gasteiger partial charge in [0.15, 0.2) is 5.82 Å². The highest BCUT2D eigenvalue weighted by Crippen LogP contribution is 2.32. The molecule has 0 unspecified atom stereocenters. The number of nitrogens with zero attached hydrogens (tertiary/aromatic N) is 3. The number of aromatic nitrogens is 3. The highest BCUT2D eigenvalue weighted by atomic mass is 35.5. The van der Waals surface area contributed by atoms with Crippen LogP contribution in [0.3, 0.4) is 0 Å². The number of hydrogen-bond donors (Lipinski definition) is 2. The number of nitrogens with two attached hydrogens (primary N) is 1. The van der Waals surface area contributed by atoms with Crippen molar-refractivity contribution in [3.8, 4) is 11.6 Å². The van der Waals surface area contributed by atoms with E-state index in [1.54, 1.807) is 12.3 Å². The van der Waals surface area contributed by atoms with Crippen molar-refractivity contribution in [1.82, 2.24) is 15.0 Å². The first-order valence-electron chi connectivity index (χ1n) is 5.71. The van der Waals surface area contributed by atoms with E-state index in [-0.39, 0.29) is 5.92 Å². The number of nitrogens with one attached hydrogen (secondary N) is 1. The zero-order valence-corrected chi connectivity index (χ0v) is 11.3. The molecule has 100 valence electrons. The molecule has 2 heterocycles. The Hall–Kier alpha value is -1.92. The van der Waals surface area contributed by atoms with Crippen LogP contribution in [0.4, 0.5) is 5.82 Å². The van der Waals surface area contributed by atoms with Gasteiger partial charge in [-0.3, -0.25) is 4.98 Å². The fourth-order valence-corrected chi connectivity index (χ4v) is 1.82. The van der Waals surface area contributed by atoms with Crippen molar-refractivity contribution in [2.45, 2.75) is 19.8 Å². The van der Waals surface area contributed by atoms with E-state index in [0.717, 1.165) is 5.56 Å². The van der Waals surface area contributed by atoms with Crippen LogP contribution in [0.5, 0.6) is 11.6 Å². The maximum absolute atomic E-state index is 5.86. The topological polar surface area (TPSA) is 86.0 Å². The molecule has 0 fully saturated rings. The van der Waals surface area contributed by atoms with Gasteiger partial charge in [0.25, 0.3) is 0 Å². The van der Waals surface area contributed by atoms with Gasteiger partial charge in [0.2, 0.25) is 5.88 Å². The molecule has 0 saturated carbocycles. The van der Waals surface area contributed by atoms with Gasteiger partial charge in [-0.05, 0) is 5.92 Å². The van der Waals surface area contributed by atoms with Crippen LogP contribution in [0.2, 0.25) is 5.02 Å². The summed E-state index contributed by atoms with van der Waals surface area (Å²) in [5.41, 5.74) is 3.34. The van der Waals surface area contributed by atoms with E-state index < -0.39 is 0 Å². The van der Waals surface area contributed by atoms with Crippen molar-refractivity contribution >= 4 is 17.4 Å². The van der Waals surface area contributed by atoms with E-state index in [0.29, 0.717) is 22.5 Å². The molecule has 0 saturated heterocycles. The minimum absolute atomic E-state index is 0.148. The number of halogens is 1. The Morgan fingerprint density at radius 3 is 2.74 bits per heavy atom. The fourth-order valence-electron chi connectivity index (χ4n) is 1.66. The normalized spacial score (nSPS) is 10.6. The lowest BCUT2D eigenvalue weighted by molar-refractivity contribution is 0.450.